The lowest BCUT2D eigenvalue weighted by Crippen LogP contribution is -2.14. The lowest BCUT2D eigenvalue weighted by molar-refractivity contribution is 0.0772. The van der Waals surface area contributed by atoms with E-state index in [4.69, 9.17) is 14.2 Å². The number of hydrogen-bond donors (Lipinski definition) is 0. The van der Waals surface area contributed by atoms with E-state index in [0.717, 1.165) is 19.4 Å². The third-order valence-corrected chi connectivity index (χ3v) is 3.82. The molecule has 1 aliphatic rings. The van der Waals surface area contributed by atoms with Gasteiger partial charge in [0.2, 0.25) is 0 Å². The minimum Gasteiger partial charge on any atom is -0.497 e. The number of carbonyl (C=O) groups is 1. The van der Waals surface area contributed by atoms with Gasteiger partial charge in [0.05, 0.1) is 25.9 Å². The molecule has 2 rings (SSSR count). The molecular formula is C14H17BrO4. The van der Waals surface area contributed by atoms with Crippen LogP contribution in [0.15, 0.2) is 16.6 Å². The van der Waals surface area contributed by atoms with Gasteiger partial charge >= 0.3 is 0 Å². The van der Waals surface area contributed by atoms with Gasteiger partial charge in [-0.15, -0.1) is 0 Å². The zero-order valence-electron chi connectivity index (χ0n) is 11.1. The highest BCUT2D eigenvalue weighted by atomic mass is 79.9. The summed E-state index contributed by atoms with van der Waals surface area (Å²) in [7, 11) is 3.12. The van der Waals surface area contributed by atoms with Crippen molar-refractivity contribution in [2.75, 3.05) is 20.8 Å². The second-order valence-corrected chi connectivity index (χ2v) is 5.30. The lowest BCUT2D eigenvalue weighted by Gasteiger charge is -2.14. The largest absolute Gasteiger partial charge is 0.497 e. The summed E-state index contributed by atoms with van der Waals surface area (Å²) in [5.41, 5.74) is 0.554. The number of hydrogen-bond acceptors (Lipinski definition) is 4. The van der Waals surface area contributed by atoms with Crippen LogP contribution >= 0.6 is 15.9 Å². The molecule has 5 heteroatoms. The second kappa shape index (κ2) is 6.39. The summed E-state index contributed by atoms with van der Waals surface area (Å²) in [5, 5.41) is 0. The summed E-state index contributed by atoms with van der Waals surface area (Å²) in [6.45, 7) is 0.749. The Kier molecular flexibility index (Phi) is 4.82. The van der Waals surface area contributed by atoms with Crippen LogP contribution in [0.3, 0.4) is 0 Å². The molecule has 0 aliphatic carbocycles. The van der Waals surface area contributed by atoms with Crippen LogP contribution in [0.4, 0.5) is 0 Å². The van der Waals surface area contributed by atoms with E-state index in [0.29, 0.717) is 28.0 Å². The van der Waals surface area contributed by atoms with E-state index in [1.807, 2.05) is 0 Å². The zero-order chi connectivity index (χ0) is 13.8. The van der Waals surface area contributed by atoms with E-state index in [1.165, 1.54) is 0 Å². The zero-order valence-corrected chi connectivity index (χ0v) is 12.7. The summed E-state index contributed by atoms with van der Waals surface area (Å²) in [6.07, 6.45) is 2.40. The van der Waals surface area contributed by atoms with E-state index in [1.54, 1.807) is 26.4 Å². The Bertz CT molecular complexity index is 467. The molecular weight excluding hydrogens is 312 g/mol. The average molecular weight is 329 g/mol. The first-order valence-electron chi connectivity index (χ1n) is 6.22. The van der Waals surface area contributed by atoms with Crippen molar-refractivity contribution >= 4 is 21.7 Å². The second-order valence-electron chi connectivity index (χ2n) is 4.45. The Labute approximate surface area is 121 Å². The van der Waals surface area contributed by atoms with Crippen LogP contribution in [0, 0.1) is 0 Å². The maximum atomic E-state index is 12.4. The highest BCUT2D eigenvalue weighted by molar-refractivity contribution is 9.10. The summed E-state index contributed by atoms with van der Waals surface area (Å²) >= 11 is 3.41. The molecule has 1 unspecified atom stereocenters. The molecule has 1 atom stereocenters. The van der Waals surface area contributed by atoms with Crippen LogP contribution in [0.5, 0.6) is 11.5 Å². The van der Waals surface area contributed by atoms with Crippen molar-refractivity contribution in [2.24, 2.45) is 0 Å². The lowest BCUT2D eigenvalue weighted by atomic mass is 10.0. The highest BCUT2D eigenvalue weighted by Crippen LogP contribution is 2.34. The van der Waals surface area contributed by atoms with Crippen LogP contribution < -0.4 is 9.47 Å². The maximum absolute atomic E-state index is 12.4. The van der Waals surface area contributed by atoms with Gasteiger partial charge in [-0.05, 0) is 34.8 Å². The van der Waals surface area contributed by atoms with Crippen molar-refractivity contribution in [1.82, 2.24) is 0 Å². The van der Waals surface area contributed by atoms with Gasteiger partial charge < -0.3 is 14.2 Å². The molecule has 1 aromatic rings. The van der Waals surface area contributed by atoms with E-state index in [-0.39, 0.29) is 11.9 Å². The van der Waals surface area contributed by atoms with Crippen molar-refractivity contribution in [3.05, 3.63) is 22.2 Å². The number of rotatable bonds is 5. The number of methoxy groups -OCH3 is 2. The van der Waals surface area contributed by atoms with Crippen molar-refractivity contribution in [2.45, 2.75) is 25.4 Å². The minimum absolute atomic E-state index is 0.0262. The number of benzene rings is 1. The first kappa shape index (κ1) is 14.3. The molecule has 4 nitrogen and oxygen atoms in total. The van der Waals surface area contributed by atoms with Crippen LogP contribution in [-0.2, 0) is 4.74 Å². The maximum Gasteiger partial charge on any atom is 0.170 e. The van der Waals surface area contributed by atoms with E-state index in [2.05, 4.69) is 15.9 Å². The number of ketones is 1. The van der Waals surface area contributed by atoms with Gasteiger partial charge in [0, 0.05) is 23.6 Å². The number of carbonyl (C=O) groups excluding carboxylic acids is 1. The normalized spacial score (nSPS) is 18.4. The fourth-order valence-corrected chi connectivity index (χ4v) is 2.86. The summed E-state index contributed by atoms with van der Waals surface area (Å²) in [6, 6.07) is 3.48. The topological polar surface area (TPSA) is 44.8 Å². The first-order valence-corrected chi connectivity index (χ1v) is 7.01. The fraction of sp³-hybridized carbons (Fsp3) is 0.500. The molecule has 1 aliphatic heterocycles. The SMILES string of the molecule is COc1cc(Br)c(C(=O)CC2CCCO2)c(OC)c1. The average Bonchev–Trinajstić information content (AvgIpc) is 2.90. The van der Waals surface area contributed by atoms with E-state index in [9.17, 15) is 4.79 Å². The van der Waals surface area contributed by atoms with Crippen LogP contribution in [-0.4, -0.2) is 32.7 Å². The van der Waals surface area contributed by atoms with Gasteiger partial charge in [-0.2, -0.15) is 0 Å². The molecule has 104 valence electrons. The molecule has 19 heavy (non-hydrogen) atoms. The molecule has 0 radical (unpaired) electrons. The molecule has 1 heterocycles. The predicted molar refractivity (Wildman–Crippen MR) is 75.2 cm³/mol. The number of Topliss-reactive ketones (excluding diaryl/α,β-unsaturated/α-hetero) is 1. The van der Waals surface area contributed by atoms with Gasteiger partial charge in [0.15, 0.2) is 5.78 Å². The predicted octanol–water partition coefficient (Wildman–Crippen LogP) is 3.22. The Morgan fingerprint density at radius 2 is 2.21 bits per heavy atom. The fourth-order valence-electron chi connectivity index (χ4n) is 2.22. The van der Waals surface area contributed by atoms with Crippen molar-refractivity contribution in [3.8, 4) is 11.5 Å². The molecule has 1 fully saturated rings. The third-order valence-electron chi connectivity index (χ3n) is 3.20. The molecule has 0 saturated carbocycles. The summed E-state index contributed by atoms with van der Waals surface area (Å²) in [4.78, 5) is 12.4. The third kappa shape index (κ3) is 3.28. The smallest absolute Gasteiger partial charge is 0.170 e. The molecule has 0 N–H and O–H groups in total. The highest BCUT2D eigenvalue weighted by Gasteiger charge is 2.24. The van der Waals surface area contributed by atoms with Crippen molar-refractivity contribution in [1.29, 1.82) is 0 Å². The summed E-state index contributed by atoms with van der Waals surface area (Å²) in [5.74, 6) is 1.20. The molecule has 0 bridgehead atoms. The van der Waals surface area contributed by atoms with Gasteiger partial charge in [-0.25, -0.2) is 0 Å². The van der Waals surface area contributed by atoms with Crippen molar-refractivity contribution < 1.29 is 19.0 Å². The first-order chi connectivity index (χ1) is 9.15. The van der Waals surface area contributed by atoms with Gasteiger partial charge in [0.1, 0.15) is 11.5 Å². The van der Waals surface area contributed by atoms with E-state index < -0.39 is 0 Å². The Morgan fingerprint density at radius 1 is 1.42 bits per heavy atom. The Balaban J connectivity index is 2.24. The van der Waals surface area contributed by atoms with Crippen LogP contribution in [0.25, 0.3) is 0 Å². The Hall–Kier alpha value is -1.07. The molecule has 1 saturated heterocycles. The standard InChI is InChI=1S/C14H17BrO4/c1-17-10-6-11(15)14(13(8-10)18-2)12(16)7-9-4-3-5-19-9/h6,8-9H,3-5,7H2,1-2H3. The molecule has 0 spiro atoms. The Morgan fingerprint density at radius 3 is 2.79 bits per heavy atom. The number of ether oxygens (including phenoxy) is 3. The molecule has 0 aromatic heterocycles. The van der Waals surface area contributed by atoms with E-state index >= 15 is 0 Å². The summed E-state index contributed by atoms with van der Waals surface area (Å²) < 4.78 is 16.6. The molecule has 0 amide bonds. The van der Waals surface area contributed by atoms with Crippen molar-refractivity contribution in [3.63, 3.8) is 0 Å². The number of halogens is 1. The van der Waals surface area contributed by atoms with Gasteiger partial charge in [-0.3, -0.25) is 4.79 Å². The van der Waals surface area contributed by atoms with Crippen LogP contribution in [0.1, 0.15) is 29.6 Å². The van der Waals surface area contributed by atoms with Gasteiger partial charge in [-0.1, -0.05) is 0 Å². The minimum atomic E-state index is 0.0262. The quantitative estimate of drug-likeness (QED) is 0.778. The van der Waals surface area contributed by atoms with Crippen LogP contribution in [0.2, 0.25) is 0 Å². The molecule has 1 aromatic carbocycles. The van der Waals surface area contributed by atoms with Gasteiger partial charge in [0.25, 0.3) is 0 Å². The monoisotopic (exact) mass is 328 g/mol.